The Balaban J connectivity index is 2.09. The minimum Gasteiger partial charge on any atom is -0.301 e. The maximum absolute atomic E-state index is 5.64. The summed E-state index contributed by atoms with van der Waals surface area (Å²) in [6.45, 7) is 2.24. The van der Waals surface area contributed by atoms with Crippen LogP contribution in [0.5, 0.6) is 0 Å². The SMILES string of the molecule is CN(CCCCCCCl)Cc1cc(Br)cs1. The summed E-state index contributed by atoms with van der Waals surface area (Å²) in [5.74, 6) is 0.805. The Bertz CT molecular complexity index is 290. The predicted molar refractivity (Wildman–Crippen MR) is 77.5 cm³/mol. The van der Waals surface area contributed by atoms with Crippen LogP contribution in [0.2, 0.25) is 0 Å². The van der Waals surface area contributed by atoms with E-state index in [2.05, 4.69) is 39.3 Å². The molecular formula is C12H19BrClNS. The molecule has 0 amide bonds. The molecule has 0 aliphatic rings. The third-order valence-corrected chi connectivity index (χ3v) is 4.42. The van der Waals surface area contributed by atoms with E-state index in [1.807, 2.05) is 11.3 Å². The van der Waals surface area contributed by atoms with Crippen molar-refractivity contribution in [3.63, 3.8) is 0 Å². The van der Waals surface area contributed by atoms with Crippen molar-refractivity contribution in [1.82, 2.24) is 4.90 Å². The summed E-state index contributed by atoms with van der Waals surface area (Å²) < 4.78 is 1.20. The molecule has 4 heteroatoms. The van der Waals surface area contributed by atoms with Gasteiger partial charge in [-0.05, 0) is 48.4 Å². The molecule has 1 nitrogen and oxygen atoms in total. The number of thiophene rings is 1. The highest BCUT2D eigenvalue weighted by Crippen LogP contribution is 2.20. The van der Waals surface area contributed by atoms with Crippen LogP contribution in [0.4, 0.5) is 0 Å². The molecule has 0 aromatic carbocycles. The smallest absolute Gasteiger partial charge is 0.0325 e. The van der Waals surface area contributed by atoms with Crippen molar-refractivity contribution in [2.24, 2.45) is 0 Å². The molecule has 1 aromatic heterocycles. The second-order valence-electron chi connectivity index (χ2n) is 4.07. The van der Waals surface area contributed by atoms with Gasteiger partial charge in [0.1, 0.15) is 0 Å². The summed E-state index contributed by atoms with van der Waals surface area (Å²) in [6, 6.07) is 2.20. The molecule has 1 aromatic rings. The van der Waals surface area contributed by atoms with E-state index in [0.29, 0.717) is 0 Å². The van der Waals surface area contributed by atoms with Crippen molar-refractivity contribution >= 4 is 38.9 Å². The molecule has 16 heavy (non-hydrogen) atoms. The minimum absolute atomic E-state index is 0.805. The zero-order valence-corrected chi connectivity index (χ0v) is 12.9. The van der Waals surface area contributed by atoms with E-state index in [0.717, 1.165) is 18.8 Å². The van der Waals surface area contributed by atoms with Crippen LogP contribution < -0.4 is 0 Å². The van der Waals surface area contributed by atoms with Gasteiger partial charge < -0.3 is 4.90 Å². The molecule has 0 atom stereocenters. The molecule has 0 aliphatic heterocycles. The summed E-state index contributed by atoms with van der Waals surface area (Å²) in [6.07, 6.45) is 5.00. The van der Waals surface area contributed by atoms with E-state index in [1.165, 1.54) is 35.2 Å². The van der Waals surface area contributed by atoms with Gasteiger partial charge in [-0.3, -0.25) is 0 Å². The van der Waals surface area contributed by atoms with Crippen LogP contribution in [0.3, 0.4) is 0 Å². The molecule has 0 N–H and O–H groups in total. The van der Waals surface area contributed by atoms with Crippen LogP contribution >= 0.6 is 38.9 Å². The van der Waals surface area contributed by atoms with Gasteiger partial charge in [-0.1, -0.05) is 12.8 Å². The number of hydrogen-bond acceptors (Lipinski definition) is 2. The lowest BCUT2D eigenvalue weighted by Gasteiger charge is -2.15. The summed E-state index contributed by atoms with van der Waals surface area (Å²) in [5.41, 5.74) is 0. The lowest BCUT2D eigenvalue weighted by atomic mass is 10.2. The zero-order chi connectivity index (χ0) is 11.8. The summed E-state index contributed by atoms with van der Waals surface area (Å²) in [7, 11) is 2.19. The third kappa shape index (κ3) is 6.24. The molecule has 1 rings (SSSR count). The number of unbranched alkanes of at least 4 members (excludes halogenated alkanes) is 3. The fourth-order valence-corrected chi connectivity index (χ4v) is 3.33. The largest absolute Gasteiger partial charge is 0.301 e. The maximum atomic E-state index is 5.64. The highest BCUT2D eigenvalue weighted by atomic mass is 79.9. The van der Waals surface area contributed by atoms with Gasteiger partial charge in [-0.25, -0.2) is 0 Å². The first-order chi connectivity index (χ1) is 7.72. The summed E-state index contributed by atoms with van der Waals surface area (Å²) >= 11 is 10.9. The highest BCUT2D eigenvalue weighted by molar-refractivity contribution is 9.10. The van der Waals surface area contributed by atoms with Crippen molar-refractivity contribution in [1.29, 1.82) is 0 Å². The fourth-order valence-electron chi connectivity index (χ4n) is 1.61. The summed E-state index contributed by atoms with van der Waals surface area (Å²) in [5, 5.41) is 2.14. The monoisotopic (exact) mass is 323 g/mol. The normalized spacial score (nSPS) is 11.2. The molecular weight excluding hydrogens is 306 g/mol. The first kappa shape index (κ1) is 14.5. The van der Waals surface area contributed by atoms with Gasteiger partial charge in [0, 0.05) is 27.2 Å². The maximum Gasteiger partial charge on any atom is 0.0325 e. The van der Waals surface area contributed by atoms with E-state index in [4.69, 9.17) is 11.6 Å². The second-order valence-corrected chi connectivity index (χ2v) is 6.36. The molecule has 0 saturated carbocycles. The van der Waals surface area contributed by atoms with E-state index < -0.39 is 0 Å². The molecule has 1 heterocycles. The Morgan fingerprint density at radius 2 is 2.06 bits per heavy atom. The summed E-state index contributed by atoms with van der Waals surface area (Å²) in [4.78, 5) is 3.81. The van der Waals surface area contributed by atoms with Crippen LogP contribution in [-0.2, 0) is 6.54 Å². The number of nitrogens with zero attached hydrogens (tertiary/aromatic N) is 1. The quantitative estimate of drug-likeness (QED) is 0.493. The minimum atomic E-state index is 0.805. The van der Waals surface area contributed by atoms with Crippen LogP contribution in [0, 0.1) is 0 Å². The average Bonchev–Trinajstić information content (AvgIpc) is 2.63. The fraction of sp³-hybridized carbons (Fsp3) is 0.667. The van der Waals surface area contributed by atoms with Gasteiger partial charge in [0.2, 0.25) is 0 Å². The van der Waals surface area contributed by atoms with Crippen molar-refractivity contribution in [3.8, 4) is 0 Å². The van der Waals surface area contributed by atoms with E-state index >= 15 is 0 Å². The average molecular weight is 325 g/mol. The van der Waals surface area contributed by atoms with Gasteiger partial charge >= 0.3 is 0 Å². The van der Waals surface area contributed by atoms with E-state index in [-0.39, 0.29) is 0 Å². The van der Waals surface area contributed by atoms with Gasteiger partial charge in [-0.15, -0.1) is 22.9 Å². The third-order valence-electron chi connectivity index (χ3n) is 2.47. The van der Waals surface area contributed by atoms with Crippen LogP contribution in [0.1, 0.15) is 30.6 Å². The Morgan fingerprint density at radius 1 is 1.31 bits per heavy atom. The van der Waals surface area contributed by atoms with Gasteiger partial charge in [0.25, 0.3) is 0 Å². The number of hydrogen-bond donors (Lipinski definition) is 0. The predicted octanol–water partition coefficient (Wildman–Crippen LogP) is 4.74. The van der Waals surface area contributed by atoms with Gasteiger partial charge in [0.15, 0.2) is 0 Å². The van der Waals surface area contributed by atoms with Gasteiger partial charge in [-0.2, -0.15) is 0 Å². The molecule has 0 bridgehead atoms. The van der Waals surface area contributed by atoms with Gasteiger partial charge in [0.05, 0.1) is 0 Å². The molecule has 0 unspecified atom stereocenters. The first-order valence-electron chi connectivity index (χ1n) is 5.70. The van der Waals surface area contributed by atoms with Crippen molar-refractivity contribution in [3.05, 3.63) is 20.8 Å². The van der Waals surface area contributed by atoms with E-state index in [9.17, 15) is 0 Å². The molecule has 92 valence electrons. The molecule has 0 radical (unpaired) electrons. The lowest BCUT2D eigenvalue weighted by Crippen LogP contribution is -2.18. The Morgan fingerprint density at radius 3 is 2.69 bits per heavy atom. The molecule has 0 saturated heterocycles. The second kappa shape index (κ2) is 8.51. The Hall–Kier alpha value is 0.430. The zero-order valence-electron chi connectivity index (χ0n) is 9.72. The van der Waals surface area contributed by atoms with Crippen molar-refractivity contribution in [2.75, 3.05) is 19.5 Å². The van der Waals surface area contributed by atoms with Crippen LogP contribution in [-0.4, -0.2) is 24.4 Å². The topological polar surface area (TPSA) is 3.24 Å². The number of alkyl halides is 1. The Labute approximate surface area is 116 Å². The van der Waals surface area contributed by atoms with Crippen LogP contribution in [0.15, 0.2) is 15.9 Å². The molecule has 0 aliphatic carbocycles. The van der Waals surface area contributed by atoms with Crippen molar-refractivity contribution < 1.29 is 0 Å². The molecule has 0 spiro atoms. The molecule has 0 fully saturated rings. The Kier molecular flexibility index (Phi) is 7.71. The van der Waals surface area contributed by atoms with Crippen LogP contribution in [0.25, 0.3) is 0 Å². The highest BCUT2D eigenvalue weighted by Gasteiger charge is 2.02. The standard InChI is InChI=1S/C12H19BrClNS/c1-15(7-5-3-2-4-6-14)9-12-8-11(13)10-16-12/h8,10H,2-7,9H2,1H3. The number of halogens is 2. The lowest BCUT2D eigenvalue weighted by molar-refractivity contribution is 0.320. The number of rotatable bonds is 8. The van der Waals surface area contributed by atoms with E-state index in [1.54, 1.807) is 0 Å². The van der Waals surface area contributed by atoms with Crippen molar-refractivity contribution in [2.45, 2.75) is 32.2 Å². The first-order valence-corrected chi connectivity index (χ1v) is 7.90.